The number of esters is 1. The number of benzene rings is 1. The number of carbonyl (C=O) groups is 2. The predicted octanol–water partition coefficient (Wildman–Crippen LogP) is 2.89. The van der Waals surface area contributed by atoms with Gasteiger partial charge in [0.25, 0.3) is 0 Å². The Morgan fingerprint density at radius 3 is 2.43 bits per heavy atom. The standard InChI is InChI=1S/C15H20FNO4/c1-15(2,3)21-14(19)8-7-13(18)17-10-5-6-12(20-4)11(16)9-10/h5-6,9H,7-8H2,1-4H3,(H,17,18). The van der Waals surface area contributed by atoms with Crippen LogP contribution in [0.2, 0.25) is 0 Å². The van der Waals surface area contributed by atoms with Crippen LogP contribution >= 0.6 is 0 Å². The Hall–Kier alpha value is -2.11. The minimum atomic E-state index is -0.577. The van der Waals surface area contributed by atoms with Gasteiger partial charge in [0.05, 0.1) is 13.5 Å². The number of carbonyl (C=O) groups excluding carboxylic acids is 2. The lowest BCUT2D eigenvalue weighted by atomic mass is 10.2. The van der Waals surface area contributed by atoms with Crippen molar-refractivity contribution in [2.45, 2.75) is 39.2 Å². The normalized spacial score (nSPS) is 10.9. The number of rotatable bonds is 5. The zero-order valence-corrected chi connectivity index (χ0v) is 12.7. The van der Waals surface area contributed by atoms with Crippen molar-refractivity contribution >= 4 is 17.6 Å². The summed E-state index contributed by atoms with van der Waals surface area (Å²) in [5, 5.41) is 2.51. The number of hydrogen-bond donors (Lipinski definition) is 1. The van der Waals surface area contributed by atoms with Gasteiger partial charge in [-0.2, -0.15) is 0 Å². The molecule has 0 radical (unpaired) electrons. The minimum absolute atomic E-state index is 0.0252. The molecule has 0 aliphatic heterocycles. The number of halogens is 1. The van der Waals surface area contributed by atoms with Crippen LogP contribution in [0.3, 0.4) is 0 Å². The number of ether oxygens (including phenoxy) is 2. The molecule has 0 heterocycles. The summed E-state index contributed by atoms with van der Waals surface area (Å²) in [4.78, 5) is 23.2. The first-order valence-corrected chi connectivity index (χ1v) is 6.56. The van der Waals surface area contributed by atoms with Crippen LogP contribution in [0.4, 0.5) is 10.1 Å². The second-order valence-corrected chi connectivity index (χ2v) is 5.48. The SMILES string of the molecule is COc1ccc(NC(=O)CCC(=O)OC(C)(C)C)cc1F. The highest BCUT2D eigenvalue weighted by atomic mass is 19.1. The van der Waals surface area contributed by atoms with Crippen LogP contribution in [-0.2, 0) is 14.3 Å². The highest BCUT2D eigenvalue weighted by Crippen LogP contribution is 2.20. The fraction of sp³-hybridized carbons (Fsp3) is 0.467. The van der Waals surface area contributed by atoms with Crippen molar-refractivity contribution in [1.82, 2.24) is 0 Å². The zero-order valence-electron chi connectivity index (χ0n) is 12.7. The lowest BCUT2D eigenvalue weighted by Crippen LogP contribution is -2.24. The molecule has 0 bridgehead atoms. The molecule has 0 spiro atoms. The van der Waals surface area contributed by atoms with Crippen LogP contribution in [0, 0.1) is 5.82 Å². The number of methoxy groups -OCH3 is 1. The van der Waals surface area contributed by atoms with Gasteiger partial charge in [-0.3, -0.25) is 9.59 Å². The molecule has 0 saturated heterocycles. The summed E-state index contributed by atoms with van der Waals surface area (Å²) in [7, 11) is 1.36. The number of amides is 1. The molecule has 116 valence electrons. The van der Waals surface area contributed by atoms with Crippen molar-refractivity contribution in [2.75, 3.05) is 12.4 Å². The van der Waals surface area contributed by atoms with Crippen molar-refractivity contribution in [3.05, 3.63) is 24.0 Å². The largest absolute Gasteiger partial charge is 0.494 e. The molecule has 0 aliphatic rings. The van der Waals surface area contributed by atoms with E-state index in [0.717, 1.165) is 6.07 Å². The lowest BCUT2D eigenvalue weighted by Gasteiger charge is -2.19. The first-order chi connectivity index (χ1) is 9.71. The maximum Gasteiger partial charge on any atom is 0.306 e. The predicted molar refractivity (Wildman–Crippen MR) is 76.7 cm³/mol. The van der Waals surface area contributed by atoms with Gasteiger partial charge in [0.1, 0.15) is 5.60 Å². The van der Waals surface area contributed by atoms with Gasteiger partial charge in [0.15, 0.2) is 11.6 Å². The first kappa shape index (κ1) is 16.9. The van der Waals surface area contributed by atoms with E-state index in [-0.39, 0.29) is 24.5 Å². The minimum Gasteiger partial charge on any atom is -0.494 e. The van der Waals surface area contributed by atoms with Gasteiger partial charge in [0, 0.05) is 18.2 Å². The second-order valence-electron chi connectivity index (χ2n) is 5.48. The molecule has 0 saturated carbocycles. The molecule has 1 aromatic carbocycles. The molecule has 1 N–H and O–H groups in total. The maximum atomic E-state index is 13.5. The number of nitrogens with one attached hydrogen (secondary N) is 1. The summed E-state index contributed by atoms with van der Waals surface area (Å²) in [6, 6.07) is 4.09. The fourth-order valence-corrected chi connectivity index (χ4v) is 1.58. The van der Waals surface area contributed by atoms with Crippen LogP contribution in [0.1, 0.15) is 33.6 Å². The van der Waals surface area contributed by atoms with E-state index < -0.39 is 17.4 Å². The van der Waals surface area contributed by atoms with Gasteiger partial charge >= 0.3 is 5.97 Å². The Balaban J connectivity index is 2.47. The van der Waals surface area contributed by atoms with Gasteiger partial charge in [0.2, 0.25) is 5.91 Å². The van der Waals surface area contributed by atoms with E-state index in [1.165, 1.54) is 19.2 Å². The molecular formula is C15H20FNO4. The Morgan fingerprint density at radius 1 is 1.24 bits per heavy atom. The third-order valence-electron chi connectivity index (χ3n) is 2.41. The lowest BCUT2D eigenvalue weighted by molar-refractivity contribution is -0.155. The van der Waals surface area contributed by atoms with Gasteiger partial charge < -0.3 is 14.8 Å². The van der Waals surface area contributed by atoms with E-state index >= 15 is 0 Å². The van der Waals surface area contributed by atoms with Crippen LogP contribution in [0.5, 0.6) is 5.75 Å². The molecule has 0 atom stereocenters. The summed E-state index contributed by atoms with van der Waals surface area (Å²) in [5.74, 6) is -1.30. The van der Waals surface area contributed by atoms with E-state index in [4.69, 9.17) is 9.47 Å². The van der Waals surface area contributed by atoms with Gasteiger partial charge in [-0.1, -0.05) is 0 Å². The Labute approximate surface area is 123 Å². The van der Waals surface area contributed by atoms with Gasteiger partial charge in [-0.05, 0) is 32.9 Å². The Kier molecular flexibility index (Phi) is 5.69. The average molecular weight is 297 g/mol. The fourth-order valence-electron chi connectivity index (χ4n) is 1.58. The summed E-state index contributed by atoms with van der Waals surface area (Å²) < 4.78 is 23.3. The van der Waals surface area contributed by atoms with E-state index in [9.17, 15) is 14.0 Å². The summed E-state index contributed by atoms with van der Waals surface area (Å²) in [6.45, 7) is 5.27. The molecule has 0 aromatic heterocycles. The van der Waals surface area contributed by atoms with Crippen molar-refractivity contribution in [3.63, 3.8) is 0 Å². The number of anilines is 1. The van der Waals surface area contributed by atoms with E-state index in [0.29, 0.717) is 5.69 Å². The molecule has 1 amide bonds. The topological polar surface area (TPSA) is 64.6 Å². The summed E-state index contributed by atoms with van der Waals surface area (Å²) in [6.07, 6.45) is -0.0513. The van der Waals surface area contributed by atoms with Crippen LogP contribution < -0.4 is 10.1 Å². The summed E-state index contributed by atoms with van der Waals surface area (Å²) in [5.41, 5.74) is -0.269. The smallest absolute Gasteiger partial charge is 0.306 e. The Morgan fingerprint density at radius 2 is 1.90 bits per heavy atom. The molecule has 0 aliphatic carbocycles. The molecule has 6 heteroatoms. The molecular weight excluding hydrogens is 277 g/mol. The average Bonchev–Trinajstić information content (AvgIpc) is 2.34. The first-order valence-electron chi connectivity index (χ1n) is 6.56. The van der Waals surface area contributed by atoms with E-state index in [1.54, 1.807) is 20.8 Å². The molecule has 0 fully saturated rings. The van der Waals surface area contributed by atoms with Crippen LogP contribution in [0.25, 0.3) is 0 Å². The van der Waals surface area contributed by atoms with Crippen molar-refractivity contribution in [3.8, 4) is 5.75 Å². The van der Waals surface area contributed by atoms with Crippen molar-refractivity contribution < 1.29 is 23.5 Å². The quantitative estimate of drug-likeness (QED) is 0.849. The molecule has 1 rings (SSSR count). The van der Waals surface area contributed by atoms with Crippen LogP contribution in [0.15, 0.2) is 18.2 Å². The third-order valence-corrected chi connectivity index (χ3v) is 2.41. The van der Waals surface area contributed by atoms with E-state index in [1.807, 2.05) is 0 Å². The van der Waals surface area contributed by atoms with Crippen LogP contribution in [-0.4, -0.2) is 24.6 Å². The summed E-state index contributed by atoms with van der Waals surface area (Å²) >= 11 is 0. The molecule has 5 nitrogen and oxygen atoms in total. The van der Waals surface area contributed by atoms with Crippen molar-refractivity contribution in [2.24, 2.45) is 0 Å². The van der Waals surface area contributed by atoms with Crippen molar-refractivity contribution in [1.29, 1.82) is 0 Å². The van der Waals surface area contributed by atoms with Gasteiger partial charge in [-0.25, -0.2) is 4.39 Å². The van der Waals surface area contributed by atoms with Gasteiger partial charge in [-0.15, -0.1) is 0 Å². The number of hydrogen-bond acceptors (Lipinski definition) is 4. The zero-order chi connectivity index (χ0) is 16.0. The van der Waals surface area contributed by atoms with E-state index in [2.05, 4.69) is 5.32 Å². The highest BCUT2D eigenvalue weighted by molar-refractivity contribution is 5.92. The Bertz CT molecular complexity index is 523. The molecule has 0 unspecified atom stereocenters. The molecule has 1 aromatic rings. The highest BCUT2D eigenvalue weighted by Gasteiger charge is 2.17. The second kappa shape index (κ2) is 7.06. The third kappa shape index (κ3) is 6.25. The monoisotopic (exact) mass is 297 g/mol. The maximum absolute atomic E-state index is 13.5. The molecule has 21 heavy (non-hydrogen) atoms.